The molecular weight excluding hydrogens is 216 g/mol. The van der Waals surface area contributed by atoms with Crippen LogP contribution in [0.15, 0.2) is 0 Å². The number of hydrogen-bond acceptors (Lipinski definition) is 2. The zero-order chi connectivity index (χ0) is 13.0. The van der Waals surface area contributed by atoms with Gasteiger partial charge in [0.25, 0.3) is 0 Å². The molecule has 0 aliphatic heterocycles. The Balaban J connectivity index is 4.82. The van der Waals surface area contributed by atoms with E-state index in [0.29, 0.717) is 0 Å². The molecule has 0 radical (unpaired) electrons. The van der Waals surface area contributed by atoms with Gasteiger partial charge in [-0.25, -0.2) is 0 Å². The average molecular weight is 242 g/mol. The molecule has 0 aromatic heterocycles. The summed E-state index contributed by atoms with van der Waals surface area (Å²) in [7, 11) is 0.0846. The van der Waals surface area contributed by atoms with E-state index in [1.807, 2.05) is 6.92 Å². The van der Waals surface area contributed by atoms with Gasteiger partial charge in [0.1, 0.15) is 14.2 Å². The predicted molar refractivity (Wildman–Crippen MR) is 72.0 cm³/mol. The molecule has 0 amide bonds. The molecule has 0 unspecified atom stereocenters. The first-order valence-corrected chi connectivity index (χ1v) is 8.82. The van der Waals surface area contributed by atoms with Crippen LogP contribution >= 0.6 is 0 Å². The molecule has 0 saturated heterocycles. The largest absolute Gasteiger partial charge is 0.396 e. The number of aliphatic hydroxyl groups is 1. The normalized spacial score (nSPS) is 16.2. The Bertz CT molecular complexity index is 268. The summed E-state index contributed by atoms with van der Waals surface area (Å²) in [5.41, 5.74) is 3.42. The van der Waals surface area contributed by atoms with Crippen LogP contribution in [0, 0.1) is 17.4 Å². The molecule has 0 saturated carbocycles. The van der Waals surface area contributed by atoms with Crippen molar-refractivity contribution in [2.45, 2.75) is 51.9 Å². The summed E-state index contributed by atoms with van der Waals surface area (Å²) in [6.45, 7) is 13.3. The molecule has 0 spiro atoms. The molecule has 0 rings (SSSR count). The molecule has 94 valence electrons. The molecule has 0 heterocycles. The molecule has 0 aliphatic rings. The molecule has 0 aromatic rings. The summed E-state index contributed by atoms with van der Waals surface area (Å²) in [6, 6.07) is 0. The summed E-state index contributed by atoms with van der Waals surface area (Å²) in [5, 5.41) is 9.35. The zero-order valence-corrected chi connectivity index (χ0v) is 12.7. The second-order valence-electron chi connectivity index (χ2n) is 5.96. The quantitative estimate of drug-likeness (QED) is 0.609. The number of hydrogen-bond donors (Lipinski definition) is 1. The minimum absolute atomic E-state index is 0.0715. The van der Waals surface area contributed by atoms with Crippen LogP contribution in [0.3, 0.4) is 0 Å². The van der Waals surface area contributed by atoms with Gasteiger partial charge in [0.2, 0.25) is 0 Å². The van der Waals surface area contributed by atoms with Crippen molar-refractivity contribution in [1.82, 2.24) is 0 Å². The lowest BCUT2D eigenvalue weighted by Gasteiger charge is -2.31. The fourth-order valence-corrected chi connectivity index (χ4v) is 1.85. The highest BCUT2D eigenvalue weighted by molar-refractivity contribution is 6.87. The lowest BCUT2D eigenvalue weighted by Crippen LogP contribution is -2.36. The van der Waals surface area contributed by atoms with Gasteiger partial charge in [-0.3, -0.25) is 0 Å². The van der Waals surface area contributed by atoms with Gasteiger partial charge >= 0.3 is 0 Å². The van der Waals surface area contributed by atoms with Crippen molar-refractivity contribution >= 4 is 8.07 Å². The zero-order valence-electron chi connectivity index (χ0n) is 11.7. The van der Waals surface area contributed by atoms with Crippen LogP contribution in [0.1, 0.15) is 27.7 Å². The first-order valence-electron chi connectivity index (χ1n) is 5.82. The smallest absolute Gasteiger partial charge is 0.137 e. The van der Waals surface area contributed by atoms with Crippen LogP contribution in [0.2, 0.25) is 18.1 Å². The second-order valence-corrected chi connectivity index (χ2v) is 11.0. The molecule has 0 aromatic carbocycles. The van der Waals surface area contributed by atoms with Crippen molar-refractivity contribution in [3.63, 3.8) is 0 Å². The van der Waals surface area contributed by atoms with Crippen molar-refractivity contribution in [2.24, 2.45) is 5.92 Å². The third-order valence-electron chi connectivity index (χ3n) is 3.46. The Hall–Kier alpha value is -0.303. The lowest BCUT2D eigenvalue weighted by molar-refractivity contribution is 0.0730. The topological polar surface area (TPSA) is 29.5 Å². The summed E-state index contributed by atoms with van der Waals surface area (Å²) >= 11 is 0. The highest BCUT2D eigenvalue weighted by Gasteiger charge is 2.33. The van der Waals surface area contributed by atoms with Gasteiger partial charge in [-0.1, -0.05) is 46.7 Å². The number of ether oxygens (including phenoxy) is 1. The standard InChI is InChI=1S/C13H26O2Si/c1-11(10-14)12(15-5)8-9-16(6,7)13(2,3)4/h11-12,14H,10H2,1-7H3/t11-,12-/m0/s1. The average Bonchev–Trinajstić information content (AvgIpc) is 2.16. The Morgan fingerprint density at radius 3 is 2.12 bits per heavy atom. The molecule has 0 aliphatic carbocycles. The molecule has 2 atom stereocenters. The Labute approximate surface area is 101 Å². The van der Waals surface area contributed by atoms with Gasteiger partial charge in [-0.15, -0.1) is 5.54 Å². The maximum atomic E-state index is 9.09. The van der Waals surface area contributed by atoms with E-state index in [0.717, 1.165) is 0 Å². The predicted octanol–water partition coefficient (Wildman–Crippen LogP) is 2.68. The van der Waals surface area contributed by atoms with Crippen molar-refractivity contribution in [3.05, 3.63) is 0 Å². The van der Waals surface area contributed by atoms with Gasteiger partial charge in [0.15, 0.2) is 0 Å². The summed E-state index contributed by atoms with van der Waals surface area (Å²) < 4.78 is 5.30. The Morgan fingerprint density at radius 2 is 1.81 bits per heavy atom. The molecule has 16 heavy (non-hydrogen) atoms. The molecule has 0 fully saturated rings. The van der Waals surface area contributed by atoms with Gasteiger partial charge < -0.3 is 9.84 Å². The first kappa shape index (κ1) is 15.7. The van der Waals surface area contributed by atoms with E-state index in [9.17, 15) is 0 Å². The van der Waals surface area contributed by atoms with Crippen molar-refractivity contribution in [1.29, 1.82) is 0 Å². The molecular formula is C13H26O2Si. The number of rotatable bonds is 3. The monoisotopic (exact) mass is 242 g/mol. The van der Waals surface area contributed by atoms with E-state index in [2.05, 4.69) is 45.3 Å². The van der Waals surface area contributed by atoms with Crippen molar-refractivity contribution in [2.75, 3.05) is 13.7 Å². The van der Waals surface area contributed by atoms with Crippen LogP contribution in [0.25, 0.3) is 0 Å². The minimum atomic E-state index is -1.57. The van der Waals surface area contributed by atoms with Crippen LogP contribution in [-0.4, -0.2) is 33.0 Å². The minimum Gasteiger partial charge on any atom is -0.396 e. The third kappa shape index (κ3) is 4.29. The van der Waals surface area contributed by atoms with E-state index in [1.54, 1.807) is 7.11 Å². The van der Waals surface area contributed by atoms with E-state index in [1.165, 1.54) is 0 Å². The maximum absolute atomic E-state index is 9.09. The number of aliphatic hydroxyl groups excluding tert-OH is 1. The number of methoxy groups -OCH3 is 1. The second kappa shape index (κ2) is 5.86. The summed E-state index contributed by atoms with van der Waals surface area (Å²) in [4.78, 5) is 0. The van der Waals surface area contributed by atoms with E-state index in [-0.39, 0.29) is 23.7 Å². The summed E-state index contributed by atoms with van der Waals surface area (Å²) in [5.74, 6) is 3.27. The molecule has 1 N–H and O–H groups in total. The van der Waals surface area contributed by atoms with Gasteiger partial charge in [0.05, 0.1) is 0 Å². The SMILES string of the molecule is CO[C@@H](C#C[Si](C)(C)C(C)(C)C)[C@@H](C)CO. The Kier molecular flexibility index (Phi) is 5.75. The van der Waals surface area contributed by atoms with Crippen LogP contribution in [0.5, 0.6) is 0 Å². The third-order valence-corrected chi connectivity index (χ3v) is 7.98. The van der Waals surface area contributed by atoms with Crippen molar-refractivity contribution < 1.29 is 9.84 Å². The van der Waals surface area contributed by atoms with E-state index < -0.39 is 8.07 Å². The van der Waals surface area contributed by atoms with Gasteiger partial charge in [-0.2, -0.15) is 0 Å². The van der Waals surface area contributed by atoms with Gasteiger partial charge in [-0.05, 0) is 5.04 Å². The van der Waals surface area contributed by atoms with Crippen molar-refractivity contribution in [3.8, 4) is 11.5 Å². The van der Waals surface area contributed by atoms with Crippen LogP contribution < -0.4 is 0 Å². The van der Waals surface area contributed by atoms with E-state index >= 15 is 0 Å². The Morgan fingerprint density at radius 1 is 1.31 bits per heavy atom. The highest BCUT2D eigenvalue weighted by Crippen LogP contribution is 2.35. The molecule has 0 bridgehead atoms. The van der Waals surface area contributed by atoms with Crippen LogP contribution in [-0.2, 0) is 4.74 Å². The fourth-order valence-electron chi connectivity index (χ4n) is 0.968. The van der Waals surface area contributed by atoms with Gasteiger partial charge in [0, 0.05) is 19.6 Å². The molecule has 3 heteroatoms. The first-order chi connectivity index (χ1) is 7.15. The lowest BCUT2D eigenvalue weighted by atomic mass is 10.1. The molecule has 2 nitrogen and oxygen atoms in total. The fraction of sp³-hybridized carbons (Fsp3) is 0.846. The highest BCUT2D eigenvalue weighted by atomic mass is 28.3. The van der Waals surface area contributed by atoms with E-state index in [4.69, 9.17) is 9.84 Å². The van der Waals surface area contributed by atoms with Crippen LogP contribution in [0.4, 0.5) is 0 Å². The summed E-state index contributed by atoms with van der Waals surface area (Å²) in [6.07, 6.45) is -0.154. The maximum Gasteiger partial charge on any atom is 0.137 e.